The van der Waals surface area contributed by atoms with Crippen LogP contribution in [0.3, 0.4) is 0 Å². The summed E-state index contributed by atoms with van der Waals surface area (Å²) < 4.78 is 1.79. The average Bonchev–Trinajstić information content (AvgIpc) is 2.76. The first-order chi connectivity index (χ1) is 7.81. The Bertz CT molecular complexity index is 493. The lowest BCUT2D eigenvalue weighted by atomic mass is 10.2. The Kier molecular flexibility index (Phi) is 3.16. The fourth-order valence-corrected chi connectivity index (χ4v) is 1.44. The van der Waals surface area contributed by atoms with E-state index in [1.165, 1.54) is 0 Å². The molecule has 2 N–H and O–H groups in total. The minimum atomic E-state index is -0.135. The van der Waals surface area contributed by atoms with Gasteiger partial charge < -0.3 is 14.8 Å². The predicted octanol–water partition coefficient (Wildman–Crippen LogP) is 0.446. The second-order valence-corrected chi connectivity index (χ2v) is 3.44. The van der Waals surface area contributed by atoms with Crippen LogP contribution in [-0.4, -0.2) is 33.6 Å². The van der Waals surface area contributed by atoms with Gasteiger partial charge in [0.15, 0.2) is 0 Å². The summed E-state index contributed by atoms with van der Waals surface area (Å²) in [5, 5.41) is 11.3. The lowest BCUT2D eigenvalue weighted by Gasteiger charge is -2.04. The van der Waals surface area contributed by atoms with Gasteiger partial charge in [0, 0.05) is 31.7 Å². The first kappa shape index (κ1) is 10.6. The standard InChI is InChI=1S/C11H13N3O2/c15-7-1-4-13-11(16)9-2-3-10-12-5-6-14(10)8-9/h2-3,5-6,8,15H,1,4,7H2,(H,13,16). The van der Waals surface area contributed by atoms with Crippen molar-refractivity contribution in [1.82, 2.24) is 14.7 Å². The van der Waals surface area contributed by atoms with Crippen LogP contribution in [0, 0.1) is 0 Å². The highest BCUT2D eigenvalue weighted by Gasteiger charge is 2.05. The van der Waals surface area contributed by atoms with Crippen LogP contribution < -0.4 is 5.32 Å². The average molecular weight is 219 g/mol. The smallest absolute Gasteiger partial charge is 0.252 e. The summed E-state index contributed by atoms with van der Waals surface area (Å²) in [5.41, 5.74) is 1.40. The molecule has 0 aliphatic rings. The van der Waals surface area contributed by atoms with Crippen LogP contribution in [-0.2, 0) is 0 Å². The van der Waals surface area contributed by atoms with Crippen LogP contribution in [0.2, 0.25) is 0 Å². The number of amides is 1. The van der Waals surface area contributed by atoms with Gasteiger partial charge in [0.05, 0.1) is 5.56 Å². The van der Waals surface area contributed by atoms with Crippen molar-refractivity contribution in [3.63, 3.8) is 0 Å². The van der Waals surface area contributed by atoms with Crippen molar-refractivity contribution < 1.29 is 9.90 Å². The van der Waals surface area contributed by atoms with Crippen LogP contribution in [0.5, 0.6) is 0 Å². The number of aliphatic hydroxyl groups is 1. The van der Waals surface area contributed by atoms with Crippen LogP contribution in [0.25, 0.3) is 5.65 Å². The number of hydrogen-bond donors (Lipinski definition) is 2. The summed E-state index contributed by atoms with van der Waals surface area (Å²) in [7, 11) is 0. The summed E-state index contributed by atoms with van der Waals surface area (Å²) in [6.45, 7) is 0.568. The van der Waals surface area contributed by atoms with Crippen LogP contribution in [0.15, 0.2) is 30.7 Å². The zero-order valence-electron chi connectivity index (χ0n) is 8.76. The van der Waals surface area contributed by atoms with E-state index >= 15 is 0 Å². The Morgan fingerprint density at radius 3 is 3.19 bits per heavy atom. The third-order valence-electron chi connectivity index (χ3n) is 2.27. The van der Waals surface area contributed by atoms with Crippen LogP contribution >= 0.6 is 0 Å². The summed E-state index contributed by atoms with van der Waals surface area (Å²) >= 11 is 0. The van der Waals surface area contributed by atoms with Gasteiger partial charge in [-0.15, -0.1) is 0 Å². The molecule has 0 aromatic carbocycles. The Hall–Kier alpha value is -1.88. The molecule has 0 spiro atoms. The molecule has 2 aromatic rings. The third kappa shape index (κ3) is 2.20. The highest BCUT2D eigenvalue weighted by Crippen LogP contribution is 2.04. The molecule has 5 nitrogen and oxygen atoms in total. The second kappa shape index (κ2) is 4.76. The first-order valence-electron chi connectivity index (χ1n) is 5.13. The van der Waals surface area contributed by atoms with Crippen molar-refractivity contribution in [3.05, 3.63) is 36.3 Å². The van der Waals surface area contributed by atoms with E-state index < -0.39 is 0 Å². The van der Waals surface area contributed by atoms with Gasteiger partial charge in [-0.05, 0) is 18.6 Å². The SMILES string of the molecule is O=C(NCCCO)c1ccc2nccn2c1. The molecule has 1 amide bonds. The summed E-state index contributed by atoms with van der Waals surface area (Å²) in [4.78, 5) is 15.8. The number of aliphatic hydroxyl groups excluding tert-OH is 1. The minimum absolute atomic E-state index is 0.0842. The highest BCUT2D eigenvalue weighted by molar-refractivity contribution is 5.94. The molecule has 0 aliphatic heterocycles. The first-order valence-corrected chi connectivity index (χ1v) is 5.13. The van der Waals surface area contributed by atoms with Gasteiger partial charge in [-0.3, -0.25) is 4.79 Å². The van der Waals surface area contributed by atoms with Gasteiger partial charge in [0.2, 0.25) is 0 Å². The normalized spacial score (nSPS) is 10.6. The molecule has 16 heavy (non-hydrogen) atoms. The number of rotatable bonds is 4. The van der Waals surface area contributed by atoms with Gasteiger partial charge in [-0.2, -0.15) is 0 Å². The summed E-state index contributed by atoms with van der Waals surface area (Å²) in [5.74, 6) is -0.135. The monoisotopic (exact) mass is 219 g/mol. The molecule has 0 bridgehead atoms. The minimum Gasteiger partial charge on any atom is -0.396 e. The Morgan fingerprint density at radius 2 is 2.38 bits per heavy atom. The highest BCUT2D eigenvalue weighted by atomic mass is 16.3. The third-order valence-corrected chi connectivity index (χ3v) is 2.27. The van der Waals surface area contributed by atoms with Crippen molar-refractivity contribution in [2.75, 3.05) is 13.2 Å². The van der Waals surface area contributed by atoms with Crippen LogP contribution in [0.1, 0.15) is 16.8 Å². The molecule has 2 rings (SSSR count). The van der Waals surface area contributed by atoms with Crippen molar-refractivity contribution in [3.8, 4) is 0 Å². The molecule has 84 valence electrons. The number of imidazole rings is 1. The fraction of sp³-hybridized carbons (Fsp3) is 0.273. The number of carbonyl (C=O) groups excluding carboxylic acids is 1. The van der Waals surface area contributed by atoms with E-state index in [0.29, 0.717) is 18.5 Å². The Morgan fingerprint density at radius 1 is 1.50 bits per heavy atom. The van der Waals surface area contributed by atoms with Gasteiger partial charge in [-0.1, -0.05) is 0 Å². The molecule has 0 saturated carbocycles. The van der Waals surface area contributed by atoms with Crippen LogP contribution in [0.4, 0.5) is 0 Å². The van der Waals surface area contributed by atoms with Gasteiger partial charge in [-0.25, -0.2) is 4.98 Å². The van der Waals surface area contributed by atoms with E-state index in [2.05, 4.69) is 10.3 Å². The lowest BCUT2D eigenvalue weighted by molar-refractivity contribution is 0.0950. The number of aromatic nitrogens is 2. The predicted molar refractivity (Wildman–Crippen MR) is 59.2 cm³/mol. The Labute approximate surface area is 92.7 Å². The number of nitrogens with one attached hydrogen (secondary N) is 1. The lowest BCUT2D eigenvalue weighted by Crippen LogP contribution is -2.25. The molecule has 0 radical (unpaired) electrons. The molecule has 2 aromatic heterocycles. The molecule has 0 unspecified atom stereocenters. The van der Waals surface area contributed by atoms with E-state index in [1.54, 1.807) is 35.1 Å². The fourth-order valence-electron chi connectivity index (χ4n) is 1.44. The molecule has 2 heterocycles. The largest absolute Gasteiger partial charge is 0.396 e. The quantitative estimate of drug-likeness (QED) is 0.733. The van der Waals surface area contributed by atoms with Crippen molar-refractivity contribution >= 4 is 11.6 Å². The zero-order valence-corrected chi connectivity index (χ0v) is 8.76. The number of carbonyl (C=O) groups is 1. The van der Waals surface area contributed by atoms with Crippen molar-refractivity contribution in [2.45, 2.75) is 6.42 Å². The number of nitrogens with zero attached hydrogens (tertiary/aromatic N) is 2. The maximum absolute atomic E-state index is 11.7. The maximum Gasteiger partial charge on any atom is 0.252 e. The molecular weight excluding hydrogens is 206 g/mol. The molecule has 0 aliphatic carbocycles. The van der Waals surface area contributed by atoms with E-state index in [4.69, 9.17) is 5.11 Å². The summed E-state index contributed by atoms with van der Waals surface area (Å²) in [6.07, 6.45) is 5.78. The maximum atomic E-state index is 11.7. The molecule has 0 saturated heterocycles. The molecular formula is C11H13N3O2. The van der Waals surface area contributed by atoms with Gasteiger partial charge in [0.25, 0.3) is 5.91 Å². The zero-order chi connectivity index (χ0) is 11.4. The van der Waals surface area contributed by atoms with Crippen molar-refractivity contribution in [2.24, 2.45) is 0 Å². The number of pyridine rings is 1. The van der Waals surface area contributed by atoms with E-state index in [1.807, 2.05) is 0 Å². The number of hydrogen-bond acceptors (Lipinski definition) is 3. The number of fused-ring (bicyclic) bond motifs is 1. The molecule has 0 atom stereocenters. The Balaban J connectivity index is 2.10. The topological polar surface area (TPSA) is 66.6 Å². The van der Waals surface area contributed by atoms with E-state index in [0.717, 1.165) is 5.65 Å². The summed E-state index contributed by atoms with van der Waals surface area (Å²) in [6, 6.07) is 3.53. The second-order valence-electron chi connectivity index (χ2n) is 3.44. The molecule has 5 heteroatoms. The van der Waals surface area contributed by atoms with E-state index in [9.17, 15) is 4.79 Å². The van der Waals surface area contributed by atoms with Gasteiger partial charge in [0.1, 0.15) is 5.65 Å². The van der Waals surface area contributed by atoms with E-state index in [-0.39, 0.29) is 12.5 Å². The van der Waals surface area contributed by atoms with Crippen molar-refractivity contribution in [1.29, 1.82) is 0 Å². The van der Waals surface area contributed by atoms with Gasteiger partial charge >= 0.3 is 0 Å². The molecule has 0 fully saturated rings.